The van der Waals surface area contributed by atoms with Crippen molar-refractivity contribution in [1.82, 2.24) is 20.2 Å². The third kappa shape index (κ3) is 3.99. The third-order valence-corrected chi connectivity index (χ3v) is 4.73. The van der Waals surface area contributed by atoms with Crippen LogP contribution < -0.4 is 15.5 Å². The fourth-order valence-electron chi connectivity index (χ4n) is 3.31. The van der Waals surface area contributed by atoms with Gasteiger partial charge < -0.3 is 15.5 Å². The highest BCUT2D eigenvalue weighted by molar-refractivity contribution is 6.01. The van der Waals surface area contributed by atoms with Crippen LogP contribution in [0.1, 0.15) is 12.0 Å². The zero-order chi connectivity index (χ0) is 20.2. The summed E-state index contributed by atoms with van der Waals surface area (Å²) in [6, 6.07) is 5.86. The van der Waals surface area contributed by atoms with E-state index < -0.39 is 0 Å². The highest BCUT2D eigenvalue weighted by atomic mass is 16.1. The molecule has 1 atom stereocenters. The van der Waals surface area contributed by atoms with Gasteiger partial charge in [0.1, 0.15) is 0 Å². The number of benzene rings is 1. The number of fused-ring (bicyclic) bond motifs is 1. The number of hydrogen-bond donors (Lipinski definition) is 2. The molecule has 1 unspecified atom stereocenters. The Morgan fingerprint density at radius 2 is 2.14 bits per heavy atom. The summed E-state index contributed by atoms with van der Waals surface area (Å²) in [5, 5.41) is 16.5. The second-order valence-electron chi connectivity index (χ2n) is 6.68. The van der Waals surface area contributed by atoms with E-state index in [0.29, 0.717) is 17.2 Å². The summed E-state index contributed by atoms with van der Waals surface area (Å²) in [5.41, 5.74) is 1.34. The molecule has 1 saturated heterocycles. The molecule has 1 aliphatic heterocycles. The first-order chi connectivity index (χ1) is 14.2. The molecule has 0 bridgehead atoms. The molecule has 144 valence electrons. The number of carbonyl (C=O) groups is 1. The van der Waals surface area contributed by atoms with E-state index in [9.17, 15) is 4.79 Å². The summed E-state index contributed by atoms with van der Waals surface area (Å²) in [6.45, 7) is 5.06. The van der Waals surface area contributed by atoms with Crippen LogP contribution in [-0.4, -0.2) is 45.2 Å². The zero-order valence-electron chi connectivity index (χ0n) is 15.7. The minimum absolute atomic E-state index is 0.190. The molecule has 1 aromatic carbocycles. The van der Waals surface area contributed by atoms with Gasteiger partial charge >= 0.3 is 0 Å². The van der Waals surface area contributed by atoms with Crippen molar-refractivity contribution in [3.8, 4) is 12.3 Å². The van der Waals surface area contributed by atoms with Crippen molar-refractivity contribution in [1.29, 1.82) is 0 Å². The Hall–Kier alpha value is -3.99. The smallest absolute Gasteiger partial charge is 0.247 e. The maximum Gasteiger partial charge on any atom is 0.247 e. The minimum atomic E-state index is -0.252. The number of nitrogens with one attached hydrogen (secondary N) is 2. The molecular weight excluding hydrogens is 366 g/mol. The monoisotopic (exact) mass is 385 g/mol. The van der Waals surface area contributed by atoms with Gasteiger partial charge in [-0.05, 0) is 30.7 Å². The SMILES string of the molecule is C#Cc1cnc(NC2CCN(c3nncc4cc(NC(=O)C=C)ccc34)C2)nc1. The largest absolute Gasteiger partial charge is 0.352 e. The lowest BCUT2D eigenvalue weighted by Crippen LogP contribution is -2.27. The Labute approximate surface area is 168 Å². The molecule has 2 aromatic heterocycles. The lowest BCUT2D eigenvalue weighted by atomic mass is 10.1. The Bertz CT molecular complexity index is 1100. The van der Waals surface area contributed by atoms with Gasteiger partial charge in [0, 0.05) is 48.0 Å². The van der Waals surface area contributed by atoms with Crippen molar-refractivity contribution in [2.75, 3.05) is 28.6 Å². The summed E-state index contributed by atoms with van der Waals surface area (Å²) < 4.78 is 0. The van der Waals surface area contributed by atoms with E-state index in [1.165, 1.54) is 6.08 Å². The number of aromatic nitrogens is 4. The van der Waals surface area contributed by atoms with E-state index in [1.807, 2.05) is 18.2 Å². The molecule has 2 N–H and O–H groups in total. The molecule has 1 fully saturated rings. The van der Waals surface area contributed by atoms with Gasteiger partial charge in [0.2, 0.25) is 11.9 Å². The van der Waals surface area contributed by atoms with Crippen molar-refractivity contribution in [2.45, 2.75) is 12.5 Å². The van der Waals surface area contributed by atoms with Gasteiger partial charge in [0.05, 0.1) is 11.8 Å². The lowest BCUT2D eigenvalue weighted by Gasteiger charge is -2.19. The van der Waals surface area contributed by atoms with Crippen LogP contribution in [0.25, 0.3) is 10.8 Å². The molecule has 3 aromatic rings. The fourth-order valence-corrected chi connectivity index (χ4v) is 3.31. The molecule has 1 aliphatic rings. The highest BCUT2D eigenvalue weighted by Crippen LogP contribution is 2.29. The van der Waals surface area contributed by atoms with Gasteiger partial charge in [-0.25, -0.2) is 9.97 Å². The average molecular weight is 385 g/mol. The maximum atomic E-state index is 11.5. The average Bonchev–Trinajstić information content (AvgIpc) is 3.22. The first-order valence-electron chi connectivity index (χ1n) is 9.15. The van der Waals surface area contributed by atoms with E-state index in [-0.39, 0.29) is 11.9 Å². The Balaban J connectivity index is 1.50. The van der Waals surface area contributed by atoms with Crippen LogP contribution in [-0.2, 0) is 4.79 Å². The quantitative estimate of drug-likeness (QED) is 0.513. The molecule has 0 saturated carbocycles. The van der Waals surface area contributed by atoms with E-state index >= 15 is 0 Å². The van der Waals surface area contributed by atoms with Crippen molar-refractivity contribution in [2.24, 2.45) is 0 Å². The first-order valence-corrected chi connectivity index (χ1v) is 9.15. The number of amides is 1. The molecule has 29 heavy (non-hydrogen) atoms. The molecule has 8 heteroatoms. The number of terminal acetylenes is 1. The predicted molar refractivity (Wildman–Crippen MR) is 113 cm³/mol. The molecule has 1 amide bonds. The number of hydrogen-bond acceptors (Lipinski definition) is 7. The lowest BCUT2D eigenvalue weighted by molar-refractivity contribution is -0.111. The van der Waals surface area contributed by atoms with E-state index in [1.54, 1.807) is 18.6 Å². The molecule has 0 radical (unpaired) electrons. The van der Waals surface area contributed by atoms with E-state index in [0.717, 1.165) is 36.1 Å². The number of nitrogens with zero attached hydrogens (tertiary/aromatic N) is 5. The van der Waals surface area contributed by atoms with Gasteiger partial charge in [-0.15, -0.1) is 11.5 Å². The molecule has 0 spiro atoms. The Morgan fingerprint density at radius 3 is 2.90 bits per heavy atom. The van der Waals surface area contributed by atoms with Crippen molar-refractivity contribution < 1.29 is 4.79 Å². The molecule has 4 rings (SSSR count). The molecular formula is C21H19N7O. The van der Waals surface area contributed by atoms with Crippen LogP contribution >= 0.6 is 0 Å². The third-order valence-electron chi connectivity index (χ3n) is 4.73. The predicted octanol–water partition coefficient (Wildman–Crippen LogP) is 2.22. The van der Waals surface area contributed by atoms with Gasteiger partial charge in [0.15, 0.2) is 5.82 Å². The van der Waals surface area contributed by atoms with Gasteiger partial charge in [-0.3, -0.25) is 4.79 Å². The standard InChI is InChI=1S/C21H19N7O/c1-3-14-10-22-21(23-11-14)26-17-7-8-28(13-17)20-18-6-5-16(25-19(29)4-2)9-15(18)12-24-27-20/h1,4-6,9-12,17H,2,7-8,13H2,(H,25,29)(H,22,23,26). The van der Waals surface area contributed by atoms with Crippen LogP contribution in [0.5, 0.6) is 0 Å². The van der Waals surface area contributed by atoms with Gasteiger partial charge in [-0.2, -0.15) is 5.10 Å². The van der Waals surface area contributed by atoms with Crippen LogP contribution in [0.3, 0.4) is 0 Å². The second kappa shape index (κ2) is 7.94. The summed E-state index contributed by atoms with van der Waals surface area (Å²) in [4.78, 5) is 22.2. The van der Waals surface area contributed by atoms with Crippen LogP contribution in [0.2, 0.25) is 0 Å². The van der Waals surface area contributed by atoms with Crippen molar-refractivity contribution >= 4 is 34.1 Å². The summed E-state index contributed by atoms with van der Waals surface area (Å²) in [7, 11) is 0. The normalized spacial score (nSPS) is 15.7. The highest BCUT2D eigenvalue weighted by Gasteiger charge is 2.25. The fraction of sp³-hybridized carbons (Fsp3) is 0.190. The van der Waals surface area contributed by atoms with Crippen molar-refractivity contribution in [3.63, 3.8) is 0 Å². The van der Waals surface area contributed by atoms with Crippen LogP contribution in [0, 0.1) is 12.3 Å². The van der Waals surface area contributed by atoms with Gasteiger partial charge in [0.25, 0.3) is 0 Å². The van der Waals surface area contributed by atoms with E-state index in [4.69, 9.17) is 6.42 Å². The summed E-state index contributed by atoms with van der Waals surface area (Å²) >= 11 is 0. The summed E-state index contributed by atoms with van der Waals surface area (Å²) in [5.74, 6) is 3.63. The maximum absolute atomic E-state index is 11.5. The van der Waals surface area contributed by atoms with Crippen LogP contribution in [0.15, 0.2) is 49.4 Å². The Kier molecular flexibility index (Phi) is 5.03. The van der Waals surface area contributed by atoms with Crippen molar-refractivity contribution in [3.05, 3.63) is 55.0 Å². The minimum Gasteiger partial charge on any atom is -0.352 e. The Morgan fingerprint density at radius 1 is 1.31 bits per heavy atom. The number of anilines is 3. The molecule has 8 nitrogen and oxygen atoms in total. The molecule has 0 aliphatic carbocycles. The zero-order valence-corrected chi connectivity index (χ0v) is 15.7. The number of rotatable bonds is 5. The van der Waals surface area contributed by atoms with Crippen LogP contribution in [0.4, 0.5) is 17.5 Å². The topological polar surface area (TPSA) is 95.9 Å². The molecule has 3 heterocycles. The van der Waals surface area contributed by atoms with E-state index in [2.05, 4.69) is 48.2 Å². The second-order valence-corrected chi connectivity index (χ2v) is 6.68. The number of carbonyl (C=O) groups excluding carboxylic acids is 1. The first kappa shape index (κ1) is 18.4. The van der Waals surface area contributed by atoms with Gasteiger partial charge in [-0.1, -0.05) is 12.5 Å². The summed E-state index contributed by atoms with van der Waals surface area (Å²) in [6.07, 6.45) is 12.4.